The van der Waals surface area contributed by atoms with Gasteiger partial charge >= 0.3 is 5.69 Å². The highest BCUT2D eigenvalue weighted by Gasteiger charge is 2.39. The highest BCUT2D eigenvalue weighted by atomic mass is 19.1. The van der Waals surface area contributed by atoms with E-state index in [2.05, 4.69) is 0 Å². The number of halogens is 1. The van der Waals surface area contributed by atoms with Crippen LogP contribution in [0.1, 0.15) is 58.2 Å². The molecule has 208 valence electrons. The largest absolute Gasteiger partial charge is 0.497 e. The Balaban J connectivity index is 2.33. The zero-order valence-corrected chi connectivity index (χ0v) is 22.2. The number of unbranched alkanes of at least 4 members (excludes halogenated alkanes) is 2. The SMILES string of the molecule is CCCCOC[C@@H]([C@@H](OCCCC)[C@@H](F)[C@@H](O)n1ccc(=O)n(Cc2ccc(OC)cc2)c1=O)[C@H](C)O. The van der Waals surface area contributed by atoms with Gasteiger partial charge in [-0.25, -0.2) is 9.18 Å². The van der Waals surface area contributed by atoms with Crippen molar-refractivity contribution in [3.63, 3.8) is 0 Å². The van der Waals surface area contributed by atoms with Crippen molar-refractivity contribution in [2.75, 3.05) is 26.9 Å². The van der Waals surface area contributed by atoms with Gasteiger partial charge in [-0.15, -0.1) is 0 Å². The summed E-state index contributed by atoms with van der Waals surface area (Å²) in [4.78, 5) is 25.6. The third-order valence-corrected chi connectivity index (χ3v) is 6.28. The lowest BCUT2D eigenvalue weighted by Crippen LogP contribution is -2.48. The van der Waals surface area contributed by atoms with Gasteiger partial charge in [-0.05, 0) is 37.5 Å². The van der Waals surface area contributed by atoms with E-state index in [4.69, 9.17) is 14.2 Å². The molecule has 0 fully saturated rings. The molecule has 10 heteroatoms. The third kappa shape index (κ3) is 8.77. The fraction of sp³-hybridized carbons (Fsp3) is 0.630. The molecule has 0 spiro atoms. The summed E-state index contributed by atoms with van der Waals surface area (Å²) in [5.74, 6) is -0.156. The Bertz CT molecular complexity index is 1040. The van der Waals surface area contributed by atoms with E-state index in [1.807, 2.05) is 13.8 Å². The fourth-order valence-electron chi connectivity index (χ4n) is 3.90. The predicted molar refractivity (Wildman–Crippen MR) is 139 cm³/mol. The highest BCUT2D eigenvalue weighted by molar-refractivity contribution is 5.27. The number of ether oxygens (including phenoxy) is 3. The molecule has 0 radical (unpaired) electrons. The van der Waals surface area contributed by atoms with E-state index in [0.29, 0.717) is 24.3 Å². The highest BCUT2D eigenvalue weighted by Crippen LogP contribution is 2.26. The lowest BCUT2D eigenvalue weighted by atomic mass is 9.93. The summed E-state index contributed by atoms with van der Waals surface area (Å²) in [6.07, 6.45) is -1.95. The Morgan fingerprint density at radius 3 is 2.24 bits per heavy atom. The van der Waals surface area contributed by atoms with Crippen LogP contribution in [0.2, 0.25) is 0 Å². The molecule has 0 amide bonds. The second kappa shape index (κ2) is 15.7. The Kier molecular flexibility index (Phi) is 13.0. The molecule has 2 N–H and O–H groups in total. The van der Waals surface area contributed by atoms with Crippen LogP contribution < -0.4 is 16.0 Å². The first-order valence-electron chi connectivity index (χ1n) is 12.9. The second-order valence-electron chi connectivity index (χ2n) is 9.16. The van der Waals surface area contributed by atoms with Gasteiger partial charge in [0.15, 0.2) is 12.4 Å². The number of hydrogen-bond acceptors (Lipinski definition) is 7. The number of aromatic nitrogens is 2. The van der Waals surface area contributed by atoms with Gasteiger partial charge in [0.1, 0.15) is 11.9 Å². The van der Waals surface area contributed by atoms with Crippen LogP contribution in [0.15, 0.2) is 46.1 Å². The number of aliphatic hydroxyl groups is 2. The summed E-state index contributed by atoms with van der Waals surface area (Å²) < 4.78 is 34.2. The van der Waals surface area contributed by atoms with Crippen molar-refractivity contribution >= 4 is 0 Å². The van der Waals surface area contributed by atoms with Crippen LogP contribution in [0.3, 0.4) is 0 Å². The maximum atomic E-state index is 15.9. The summed E-state index contributed by atoms with van der Waals surface area (Å²) in [5.41, 5.74) is -0.789. The molecule has 5 atom stereocenters. The number of methoxy groups -OCH3 is 1. The monoisotopic (exact) mass is 524 g/mol. The van der Waals surface area contributed by atoms with E-state index in [9.17, 15) is 19.8 Å². The molecule has 9 nitrogen and oxygen atoms in total. The van der Waals surface area contributed by atoms with E-state index in [1.165, 1.54) is 14.0 Å². The average Bonchev–Trinajstić information content (AvgIpc) is 2.89. The van der Waals surface area contributed by atoms with Crippen LogP contribution in [0.5, 0.6) is 5.75 Å². The molecule has 1 aromatic heterocycles. The third-order valence-electron chi connectivity index (χ3n) is 6.28. The topological polar surface area (TPSA) is 112 Å². The molecular formula is C27H41FN2O7. The minimum absolute atomic E-state index is 0.0352. The molecule has 0 saturated heterocycles. The van der Waals surface area contributed by atoms with Crippen molar-refractivity contribution < 1.29 is 28.8 Å². The second-order valence-corrected chi connectivity index (χ2v) is 9.16. The Hall–Kier alpha value is -2.53. The zero-order valence-electron chi connectivity index (χ0n) is 22.2. The van der Waals surface area contributed by atoms with Gasteiger partial charge < -0.3 is 24.4 Å². The minimum Gasteiger partial charge on any atom is -0.497 e. The summed E-state index contributed by atoms with van der Waals surface area (Å²) in [6, 6.07) is 7.92. The van der Waals surface area contributed by atoms with E-state index in [1.54, 1.807) is 24.3 Å². The quantitative estimate of drug-likeness (QED) is 0.306. The van der Waals surface area contributed by atoms with E-state index in [0.717, 1.165) is 40.7 Å². The summed E-state index contributed by atoms with van der Waals surface area (Å²) in [6.45, 7) is 6.15. The van der Waals surface area contributed by atoms with Gasteiger partial charge in [-0.1, -0.05) is 38.8 Å². The summed E-state index contributed by atoms with van der Waals surface area (Å²) >= 11 is 0. The predicted octanol–water partition coefficient (Wildman–Crippen LogP) is 2.89. The van der Waals surface area contributed by atoms with Gasteiger partial charge in [-0.3, -0.25) is 13.9 Å². The Labute approximate surface area is 217 Å². The number of aliphatic hydroxyl groups excluding tert-OH is 2. The van der Waals surface area contributed by atoms with E-state index in [-0.39, 0.29) is 19.8 Å². The molecule has 0 unspecified atom stereocenters. The summed E-state index contributed by atoms with van der Waals surface area (Å²) in [7, 11) is 1.53. The standard InChI is InChI=1S/C27H41FN2O7/c1-5-7-15-36-18-22(19(3)31)25(37-16-8-6-2)24(28)26(33)29-14-13-23(32)30(27(29)34)17-20-9-11-21(35-4)12-10-20/h9-14,19,22,24-26,31,33H,5-8,15-18H2,1-4H3/t19-,22+,24+,25+,26+/m0/s1. The van der Waals surface area contributed by atoms with Crippen molar-refractivity contribution in [2.24, 2.45) is 5.92 Å². The molecule has 1 aromatic carbocycles. The summed E-state index contributed by atoms with van der Waals surface area (Å²) in [5, 5.41) is 21.3. The molecular weight excluding hydrogens is 483 g/mol. The molecule has 0 aliphatic heterocycles. The number of hydrogen-bond donors (Lipinski definition) is 2. The van der Waals surface area contributed by atoms with Crippen LogP contribution in [0.25, 0.3) is 0 Å². The minimum atomic E-state index is -2.07. The lowest BCUT2D eigenvalue weighted by molar-refractivity contribution is -0.134. The van der Waals surface area contributed by atoms with Gasteiger partial charge in [0, 0.05) is 31.4 Å². The van der Waals surface area contributed by atoms with Crippen LogP contribution >= 0.6 is 0 Å². The van der Waals surface area contributed by atoms with Gasteiger partial charge in [0.2, 0.25) is 0 Å². The molecule has 0 saturated carbocycles. The molecule has 0 aliphatic rings. The first kappa shape index (κ1) is 30.7. The van der Waals surface area contributed by atoms with Crippen molar-refractivity contribution in [1.29, 1.82) is 0 Å². The van der Waals surface area contributed by atoms with Crippen molar-refractivity contribution in [3.8, 4) is 5.75 Å². The zero-order chi connectivity index (χ0) is 27.4. The van der Waals surface area contributed by atoms with Crippen molar-refractivity contribution in [1.82, 2.24) is 9.13 Å². The number of benzene rings is 1. The lowest BCUT2D eigenvalue weighted by Gasteiger charge is -2.34. The van der Waals surface area contributed by atoms with Gasteiger partial charge in [-0.2, -0.15) is 0 Å². The van der Waals surface area contributed by atoms with Crippen LogP contribution in [0, 0.1) is 5.92 Å². The Morgan fingerprint density at radius 2 is 1.65 bits per heavy atom. The molecule has 2 aromatic rings. The van der Waals surface area contributed by atoms with Gasteiger partial charge in [0.05, 0.1) is 26.4 Å². The van der Waals surface area contributed by atoms with E-state index >= 15 is 4.39 Å². The first-order chi connectivity index (χ1) is 17.7. The molecule has 1 heterocycles. The molecule has 0 aliphatic carbocycles. The average molecular weight is 525 g/mol. The van der Waals surface area contributed by atoms with Crippen LogP contribution in [-0.2, 0) is 16.0 Å². The maximum Gasteiger partial charge on any atom is 0.333 e. The van der Waals surface area contributed by atoms with Crippen molar-refractivity contribution in [2.45, 2.75) is 77.6 Å². The number of nitrogens with zero attached hydrogens (tertiary/aromatic N) is 2. The maximum absolute atomic E-state index is 15.9. The molecule has 37 heavy (non-hydrogen) atoms. The molecule has 2 rings (SSSR count). The Morgan fingerprint density at radius 1 is 1.00 bits per heavy atom. The van der Waals surface area contributed by atoms with Gasteiger partial charge in [0.25, 0.3) is 5.56 Å². The fourth-order valence-corrected chi connectivity index (χ4v) is 3.90. The molecule has 0 bridgehead atoms. The van der Waals surface area contributed by atoms with Crippen molar-refractivity contribution in [3.05, 3.63) is 62.9 Å². The van der Waals surface area contributed by atoms with E-state index < -0.39 is 41.8 Å². The first-order valence-corrected chi connectivity index (χ1v) is 12.9. The normalized spacial score (nSPS) is 15.6. The number of rotatable bonds is 17. The smallest absolute Gasteiger partial charge is 0.333 e. The van der Waals surface area contributed by atoms with Crippen LogP contribution in [-0.4, -0.2) is 64.7 Å². The van der Waals surface area contributed by atoms with Crippen LogP contribution in [0.4, 0.5) is 4.39 Å². The number of alkyl halides is 1.